The molecule has 1 heterocycles. The fraction of sp³-hybridized carbons (Fsp3) is 0.400. The molecule has 8 heteroatoms. The van der Waals surface area contributed by atoms with Gasteiger partial charge in [-0.15, -0.1) is 0 Å². The second kappa shape index (κ2) is 7.24. The molecule has 0 aliphatic rings. The van der Waals surface area contributed by atoms with E-state index in [9.17, 15) is 4.79 Å². The summed E-state index contributed by atoms with van der Waals surface area (Å²) in [5, 5.41) is 11.9. The highest BCUT2D eigenvalue weighted by atomic mass is 32.1. The topological polar surface area (TPSA) is 96.6 Å². The van der Waals surface area contributed by atoms with Crippen molar-refractivity contribution in [1.29, 1.82) is 5.26 Å². The molecule has 1 aromatic rings. The number of hydrogen-bond donors (Lipinski definition) is 1. The lowest BCUT2D eigenvalue weighted by Gasteiger charge is -1.99. The number of ether oxygens (including phenoxy) is 2. The molecule has 0 radical (unpaired) electrons. The summed E-state index contributed by atoms with van der Waals surface area (Å²) in [7, 11) is 0. The van der Waals surface area contributed by atoms with E-state index in [0.29, 0.717) is 11.6 Å². The minimum atomic E-state index is -0.615. The van der Waals surface area contributed by atoms with Crippen LogP contribution >= 0.6 is 11.3 Å². The molecule has 0 fully saturated rings. The zero-order valence-corrected chi connectivity index (χ0v) is 10.8. The van der Waals surface area contributed by atoms with Crippen molar-refractivity contribution in [2.45, 2.75) is 13.8 Å². The number of rotatable bonds is 5. The van der Waals surface area contributed by atoms with Gasteiger partial charge in [-0.25, -0.2) is 14.8 Å². The summed E-state index contributed by atoms with van der Waals surface area (Å²) in [6.07, 6.45) is 0.624. The first kappa shape index (κ1) is 13.9. The highest BCUT2D eigenvalue weighted by Gasteiger charge is 2.12. The van der Waals surface area contributed by atoms with Crippen LogP contribution in [0.5, 0.6) is 0 Å². The van der Waals surface area contributed by atoms with Crippen LogP contribution in [0, 0.1) is 11.3 Å². The van der Waals surface area contributed by atoms with Gasteiger partial charge in [-0.1, -0.05) is 11.3 Å². The SMILES string of the molecule is CCOC=Nc1sc(NC(=O)OCC)nc1C#N. The van der Waals surface area contributed by atoms with Crippen LogP contribution in [0.3, 0.4) is 0 Å². The van der Waals surface area contributed by atoms with Gasteiger partial charge in [-0.2, -0.15) is 5.26 Å². The van der Waals surface area contributed by atoms with Crippen molar-refractivity contribution in [1.82, 2.24) is 4.98 Å². The lowest BCUT2D eigenvalue weighted by Crippen LogP contribution is -2.12. The van der Waals surface area contributed by atoms with Crippen molar-refractivity contribution in [3.63, 3.8) is 0 Å². The number of carbonyl (C=O) groups is 1. The number of hydrogen-bond acceptors (Lipinski definition) is 7. The van der Waals surface area contributed by atoms with Gasteiger partial charge in [-0.3, -0.25) is 5.32 Å². The molecule has 1 amide bonds. The number of aliphatic imine (C=N–C) groups is 1. The zero-order chi connectivity index (χ0) is 13.4. The van der Waals surface area contributed by atoms with Gasteiger partial charge in [0.2, 0.25) is 0 Å². The lowest BCUT2D eigenvalue weighted by molar-refractivity contribution is 0.168. The molecule has 0 bridgehead atoms. The van der Waals surface area contributed by atoms with Crippen LogP contribution < -0.4 is 5.32 Å². The third-order valence-electron chi connectivity index (χ3n) is 1.61. The van der Waals surface area contributed by atoms with E-state index in [1.807, 2.05) is 13.0 Å². The maximum atomic E-state index is 11.2. The van der Waals surface area contributed by atoms with Gasteiger partial charge in [0.15, 0.2) is 22.2 Å². The van der Waals surface area contributed by atoms with Gasteiger partial charge in [-0.05, 0) is 13.8 Å². The smallest absolute Gasteiger partial charge is 0.413 e. The summed E-state index contributed by atoms with van der Waals surface area (Å²) in [4.78, 5) is 19.0. The second-order valence-electron chi connectivity index (χ2n) is 2.82. The second-order valence-corrected chi connectivity index (χ2v) is 3.80. The highest BCUT2D eigenvalue weighted by molar-refractivity contribution is 7.19. The van der Waals surface area contributed by atoms with E-state index in [0.717, 1.165) is 11.3 Å². The molecular formula is C10H12N4O3S. The Hall–Kier alpha value is -2.14. The number of nitriles is 1. The van der Waals surface area contributed by atoms with Gasteiger partial charge in [0.25, 0.3) is 0 Å². The Balaban J connectivity index is 2.78. The molecule has 96 valence electrons. The van der Waals surface area contributed by atoms with Gasteiger partial charge < -0.3 is 9.47 Å². The van der Waals surface area contributed by atoms with Crippen molar-refractivity contribution < 1.29 is 14.3 Å². The van der Waals surface area contributed by atoms with Gasteiger partial charge in [0, 0.05) is 0 Å². The molecule has 0 saturated heterocycles. The Kier molecular flexibility index (Phi) is 5.60. The van der Waals surface area contributed by atoms with Crippen LogP contribution in [0.2, 0.25) is 0 Å². The molecule has 18 heavy (non-hydrogen) atoms. The maximum Gasteiger partial charge on any atom is 0.413 e. The van der Waals surface area contributed by atoms with E-state index in [2.05, 4.69) is 15.3 Å². The monoisotopic (exact) mass is 268 g/mol. The molecule has 1 rings (SSSR count). The Morgan fingerprint density at radius 2 is 2.39 bits per heavy atom. The van der Waals surface area contributed by atoms with Crippen molar-refractivity contribution >= 4 is 34.0 Å². The lowest BCUT2D eigenvalue weighted by atomic mass is 10.5. The minimum Gasteiger partial charge on any atom is -0.483 e. The summed E-state index contributed by atoms with van der Waals surface area (Å²) in [5.41, 5.74) is 0.128. The number of amides is 1. The average Bonchev–Trinajstić information content (AvgIpc) is 2.72. The summed E-state index contributed by atoms with van der Waals surface area (Å²) in [6.45, 7) is 4.26. The third kappa shape index (κ3) is 4.03. The van der Waals surface area contributed by atoms with Gasteiger partial charge >= 0.3 is 6.09 Å². The van der Waals surface area contributed by atoms with Crippen molar-refractivity contribution in [3.8, 4) is 6.07 Å². The first-order valence-electron chi connectivity index (χ1n) is 5.20. The van der Waals surface area contributed by atoms with Crippen molar-refractivity contribution in [2.24, 2.45) is 4.99 Å². The standard InChI is InChI=1S/C10H12N4O3S/c1-3-16-6-12-8-7(5-11)13-9(18-8)14-10(15)17-4-2/h6H,3-4H2,1-2H3,(H,13,14,15). The van der Waals surface area contributed by atoms with Crippen LogP contribution in [0.4, 0.5) is 14.9 Å². The molecule has 0 spiro atoms. The molecule has 1 aromatic heterocycles. The van der Waals surface area contributed by atoms with Crippen molar-refractivity contribution in [3.05, 3.63) is 5.69 Å². The predicted molar refractivity (Wildman–Crippen MR) is 67.3 cm³/mol. The first-order valence-corrected chi connectivity index (χ1v) is 6.01. The van der Waals surface area contributed by atoms with E-state index in [1.54, 1.807) is 6.92 Å². The Labute approximate surface area is 108 Å². The van der Waals surface area contributed by atoms with Crippen LogP contribution in [-0.4, -0.2) is 30.7 Å². The molecule has 1 N–H and O–H groups in total. The number of carbonyl (C=O) groups excluding carboxylic acids is 1. The molecule has 0 aliphatic heterocycles. The highest BCUT2D eigenvalue weighted by Crippen LogP contribution is 2.30. The molecule has 0 unspecified atom stereocenters. The number of thiazole rings is 1. The van der Waals surface area contributed by atoms with Crippen LogP contribution in [0.1, 0.15) is 19.5 Å². The Bertz CT molecular complexity index is 478. The normalized spacial score (nSPS) is 10.1. The quantitative estimate of drug-likeness (QED) is 0.652. The van der Waals surface area contributed by atoms with Crippen LogP contribution in [0.15, 0.2) is 4.99 Å². The number of nitrogens with zero attached hydrogens (tertiary/aromatic N) is 3. The first-order chi connectivity index (χ1) is 8.71. The number of nitrogens with one attached hydrogen (secondary N) is 1. The molecule has 0 aromatic carbocycles. The van der Waals surface area contributed by atoms with Crippen molar-refractivity contribution in [2.75, 3.05) is 18.5 Å². The number of anilines is 1. The molecule has 0 aliphatic carbocycles. The molecule has 0 saturated carbocycles. The minimum absolute atomic E-state index is 0.128. The Morgan fingerprint density at radius 1 is 1.61 bits per heavy atom. The largest absolute Gasteiger partial charge is 0.483 e. The number of aromatic nitrogens is 1. The molecular weight excluding hydrogens is 256 g/mol. The molecule has 7 nitrogen and oxygen atoms in total. The predicted octanol–water partition coefficient (Wildman–Crippen LogP) is 2.28. The fourth-order valence-corrected chi connectivity index (χ4v) is 1.68. The van der Waals surface area contributed by atoms with E-state index in [4.69, 9.17) is 14.7 Å². The molecule has 0 atom stereocenters. The average molecular weight is 268 g/mol. The zero-order valence-electron chi connectivity index (χ0n) is 9.97. The summed E-state index contributed by atoms with van der Waals surface area (Å²) in [5.74, 6) is 0. The summed E-state index contributed by atoms with van der Waals surface area (Å²) in [6, 6.07) is 1.89. The summed E-state index contributed by atoms with van der Waals surface area (Å²) < 4.78 is 9.63. The van der Waals surface area contributed by atoms with E-state index in [-0.39, 0.29) is 17.4 Å². The summed E-state index contributed by atoms with van der Waals surface area (Å²) >= 11 is 1.07. The van der Waals surface area contributed by atoms with E-state index in [1.165, 1.54) is 6.40 Å². The maximum absolute atomic E-state index is 11.2. The van der Waals surface area contributed by atoms with E-state index < -0.39 is 6.09 Å². The van der Waals surface area contributed by atoms with Gasteiger partial charge in [0.05, 0.1) is 13.2 Å². The van der Waals surface area contributed by atoms with Crippen LogP contribution in [0.25, 0.3) is 0 Å². The van der Waals surface area contributed by atoms with E-state index >= 15 is 0 Å². The van der Waals surface area contributed by atoms with Gasteiger partial charge in [0.1, 0.15) is 6.07 Å². The van der Waals surface area contributed by atoms with Crippen LogP contribution in [-0.2, 0) is 9.47 Å². The fourth-order valence-electron chi connectivity index (χ4n) is 0.940. The Morgan fingerprint density at radius 3 is 3.00 bits per heavy atom. The third-order valence-corrected chi connectivity index (χ3v) is 2.49.